The van der Waals surface area contributed by atoms with Gasteiger partial charge >= 0.3 is 14.2 Å². The quantitative estimate of drug-likeness (QED) is 0.0464. The molecule has 4 heterocycles. The van der Waals surface area contributed by atoms with Crippen LogP contribution in [0.3, 0.4) is 0 Å². The van der Waals surface area contributed by atoms with Crippen LogP contribution in [-0.4, -0.2) is 80.1 Å². The summed E-state index contributed by atoms with van der Waals surface area (Å²) in [4.78, 5) is 5.11. The van der Waals surface area contributed by atoms with Gasteiger partial charge in [-0.1, -0.05) is 283 Å². The van der Waals surface area contributed by atoms with Crippen LogP contribution < -0.4 is 20.7 Å². The largest absolute Gasteiger partial charge is 0.493 e. The lowest BCUT2D eigenvalue weighted by Crippen LogP contribution is -2.46. The molecule has 8 aromatic rings. The molecule has 4 saturated heterocycles. The fourth-order valence-corrected chi connectivity index (χ4v) is 12.6. The Hall–Kier alpha value is -6.75. The average molecular weight is 1260 g/mol. The Balaban J connectivity index is 0.000000152. The minimum atomic E-state index is -0.225. The first-order valence-corrected chi connectivity index (χ1v) is 35.9. The molecule has 8 aromatic carbocycles. The summed E-state index contributed by atoms with van der Waals surface area (Å²) >= 11 is 0. The maximum Gasteiger partial charge on any atom is 0.493 e. The second-order valence-corrected chi connectivity index (χ2v) is 26.6. The van der Waals surface area contributed by atoms with Gasteiger partial charge in [0, 0.05) is 87.3 Å². The molecule has 0 aromatic heterocycles. The Morgan fingerprint density at radius 1 is 0.319 bits per heavy atom. The van der Waals surface area contributed by atoms with Crippen molar-refractivity contribution in [1.82, 2.24) is 0 Å². The molecule has 0 unspecified atom stereocenters. The van der Waals surface area contributed by atoms with E-state index in [1.54, 1.807) is 0 Å². The normalized spacial score (nSPS) is 16.9. The topological polar surface area (TPSA) is 61.9 Å². The number of nitrogens with zero attached hydrogens (tertiary/aromatic N) is 2. The van der Waals surface area contributed by atoms with E-state index in [0.717, 1.165) is 49.1 Å². The van der Waals surface area contributed by atoms with Crippen molar-refractivity contribution in [2.75, 3.05) is 75.6 Å². The van der Waals surface area contributed by atoms with Crippen molar-refractivity contribution >= 4 is 36.5 Å². The maximum atomic E-state index is 5.88. The minimum absolute atomic E-state index is 0.221. The summed E-state index contributed by atoms with van der Waals surface area (Å²) in [5, 5.41) is 0. The fourth-order valence-electron chi connectivity index (χ4n) is 12.6. The van der Waals surface area contributed by atoms with E-state index >= 15 is 0 Å². The average Bonchev–Trinajstić information content (AvgIpc) is 0.945. The smallest absolute Gasteiger partial charge is 0.407 e. The molecule has 10 heteroatoms. The highest BCUT2D eigenvalue weighted by atomic mass is 16.7. The number of anilines is 2. The Morgan fingerprint density at radius 3 is 1.02 bits per heavy atom. The van der Waals surface area contributed by atoms with Gasteiger partial charge in [0.2, 0.25) is 0 Å². The van der Waals surface area contributed by atoms with E-state index in [-0.39, 0.29) is 20.5 Å². The van der Waals surface area contributed by atoms with E-state index in [4.69, 9.17) is 28.1 Å². The van der Waals surface area contributed by atoms with Crippen molar-refractivity contribution in [1.29, 1.82) is 0 Å². The summed E-state index contributed by atoms with van der Waals surface area (Å²) in [7, 11) is -0.446. The van der Waals surface area contributed by atoms with Crippen LogP contribution in [0.1, 0.15) is 183 Å². The van der Waals surface area contributed by atoms with Gasteiger partial charge in [-0.15, -0.1) is 0 Å². The van der Waals surface area contributed by atoms with Gasteiger partial charge in [-0.05, 0) is 128 Å². The first-order valence-electron chi connectivity index (χ1n) is 35.9. The predicted octanol–water partition coefficient (Wildman–Crippen LogP) is 18.6. The van der Waals surface area contributed by atoms with E-state index < -0.39 is 0 Å². The standard InChI is InChI=1S/C32H50N2.C18H20O2.2C17H19BO2/c1-3-5-7-9-11-13-15-29-17-21-31(22-18-29)33-25-27-34(28-26-33)32-23-19-30(20-24-32)16-14-12-10-8-6-4-2;1-13-3-7-15(8-4-13)17-11-19-18(20-12-17)16-9-5-14(2)6-10-16;1-13-3-7-15(8-4-13)16-11-19-18(20-12-16)17-9-5-14(2)6-10-17;1-2-14-8-10-17(11-9-14)18-19-12-16(13-20-18)15-6-4-3-5-7-15/h17-24H,3-16,25-28H2,1-2H3;3-10,17-18H,11-12H2,1-2H3;3-10,16H,11-12H2,1-2H3;3-11,16H,2,12-13H2,1H3. The lowest BCUT2D eigenvalue weighted by molar-refractivity contribution is -0.191. The van der Waals surface area contributed by atoms with Crippen LogP contribution in [0.2, 0.25) is 0 Å². The van der Waals surface area contributed by atoms with Crippen LogP contribution in [0.5, 0.6) is 0 Å². The summed E-state index contributed by atoms with van der Waals surface area (Å²) in [6, 6.07) is 71.6. The van der Waals surface area contributed by atoms with Crippen LogP contribution in [-0.2, 0) is 47.4 Å². The van der Waals surface area contributed by atoms with Crippen molar-refractivity contribution in [3.63, 3.8) is 0 Å². The summed E-state index contributed by atoms with van der Waals surface area (Å²) in [6.45, 7) is 23.8. The van der Waals surface area contributed by atoms with E-state index in [0.29, 0.717) is 57.4 Å². The molecule has 12 rings (SSSR count). The summed E-state index contributed by atoms with van der Waals surface area (Å²) in [5.74, 6) is 0.997. The Kier molecular flexibility index (Phi) is 29.9. The van der Waals surface area contributed by atoms with E-state index in [1.165, 1.54) is 157 Å². The second-order valence-electron chi connectivity index (χ2n) is 26.6. The highest BCUT2D eigenvalue weighted by molar-refractivity contribution is 6.61. The van der Waals surface area contributed by atoms with Gasteiger partial charge in [0.1, 0.15) is 0 Å². The third-order valence-electron chi connectivity index (χ3n) is 18.9. The third kappa shape index (κ3) is 23.3. The molecule has 0 N–H and O–H groups in total. The van der Waals surface area contributed by atoms with Crippen molar-refractivity contribution in [2.45, 2.75) is 169 Å². The van der Waals surface area contributed by atoms with Crippen LogP contribution >= 0.6 is 0 Å². The van der Waals surface area contributed by atoms with Gasteiger partial charge in [0.15, 0.2) is 6.29 Å². The summed E-state index contributed by atoms with van der Waals surface area (Å²) in [6.07, 6.45) is 19.8. The minimum Gasteiger partial charge on any atom is -0.407 e. The fraction of sp³-hybridized carbons (Fsp3) is 0.429. The summed E-state index contributed by atoms with van der Waals surface area (Å²) < 4.78 is 35.3. The Morgan fingerprint density at radius 2 is 0.638 bits per heavy atom. The van der Waals surface area contributed by atoms with Gasteiger partial charge < -0.3 is 37.9 Å². The molecule has 94 heavy (non-hydrogen) atoms. The molecule has 4 aliphatic rings. The van der Waals surface area contributed by atoms with Crippen LogP contribution in [0.4, 0.5) is 11.4 Å². The number of unbranched alkanes of at least 4 members (excludes halogenated alkanes) is 10. The molecule has 496 valence electrons. The molecule has 0 aliphatic carbocycles. The zero-order chi connectivity index (χ0) is 65.5. The van der Waals surface area contributed by atoms with Crippen LogP contribution in [0, 0.1) is 27.7 Å². The molecule has 0 amide bonds. The molecule has 0 spiro atoms. The van der Waals surface area contributed by atoms with Crippen molar-refractivity contribution < 1.29 is 28.1 Å². The third-order valence-corrected chi connectivity index (χ3v) is 18.9. The molecule has 8 nitrogen and oxygen atoms in total. The zero-order valence-corrected chi connectivity index (χ0v) is 58.0. The van der Waals surface area contributed by atoms with Gasteiger partial charge in [-0.2, -0.15) is 0 Å². The van der Waals surface area contributed by atoms with Crippen molar-refractivity contribution in [2.24, 2.45) is 0 Å². The Bertz CT molecular complexity index is 3020. The van der Waals surface area contributed by atoms with E-state index in [2.05, 4.69) is 252 Å². The summed E-state index contributed by atoms with van der Waals surface area (Å²) in [5.41, 5.74) is 19.3. The molecular formula is C84H108B2N2O6. The van der Waals surface area contributed by atoms with Crippen molar-refractivity contribution in [3.8, 4) is 0 Å². The number of benzene rings is 8. The number of hydrogen-bond donors (Lipinski definition) is 0. The van der Waals surface area contributed by atoms with Crippen molar-refractivity contribution in [3.05, 3.63) is 261 Å². The van der Waals surface area contributed by atoms with E-state index in [9.17, 15) is 0 Å². The monoisotopic (exact) mass is 1260 g/mol. The lowest BCUT2D eigenvalue weighted by atomic mass is 9.76. The second kappa shape index (κ2) is 39.3. The predicted molar refractivity (Wildman–Crippen MR) is 396 cm³/mol. The number of rotatable bonds is 23. The van der Waals surface area contributed by atoms with Crippen LogP contribution in [0.15, 0.2) is 200 Å². The van der Waals surface area contributed by atoms with Gasteiger partial charge in [-0.25, -0.2) is 0 Å². The lowest BCUT2D eigenvalue weighted by Gasteiger charge is -2.37. The highest BCUT2D eigenvalue weighted by Crippen LogP contribution is 2.31. The number of ether oxygens (including phenoxy) is 2. The molecule has 0 saturated carbocycles. The molecule has 4 fully saturated rings. The molecule has 0 bridgehead atoms. The van der Waals surface area contributed by atoms with Gasteiger partial charge in [-0.3, -0.25) is 0 Å². The number of hydrogen-bond acceptors (Lipinski definition) is 8. The molecule has 0 atom stereocenters. The zero-order valence-electron chi connectivity index (χ0n) is 58.0. The maximum absolute atomic E-state index is 5.88. The van der Waals surface area contributed by atoms with Crippen LogP contribution in [0.25, 0.3) is 0 Å². The Labute approximate surface area is 567 Å². The number of aryl methyl sites for hydroxylation is 7. The first-order chi connectivity index (χ1) is 46.1. The molecular weight excluding hydrogens is 1150 g/mol. The highest BCUT2D eigenvalue weighted by Gasteiger charge is 2.31. The van der Waals surface area contributed by atoms with Gasteiger partial charge in [0.05, 0.1) is 13.2 Å². The van der Waals surface area contributed by atoms with E-state index in [1.807, 2.05) is 6.07 Å². The number of piperazine rings is 1. The first kappa shape index (κ1) is 71.5. The molecule has 4 aliphatic heterocycles. The molecule has 0 radical (unpaired) electrons. The SMILES string of the molecule is CCCCCCCCc1ccc(N2CCN(c3ccc(CCCCCCCC)cc3)CC2)cc1.CCc1ccc(B2OCC(c3ccccc3)CO2)cc1.Cc1ccc(B2OCC(c3ccc(C)cc3)CO2)cc1.Cc1ccc(C2COC(c3ccc(C)cc3)OC2)cc1. The van der Waals surface area contributed by atoms with Gasteiger partial charge in [0.25, 0.3) is 0 Å².